The van der Waals surface area contributed by atoms with Crippen molar-refractivity contribution in [3.63, 3.8) is 0 Å². The molecule has 3 amide bonds. The average molecular weight is 949 g/mol. The topological polar surface area (TPSA) is 168 Å². The van der Waals surface area contributed by atoms with Crippen molar-refractivity contribution in [3.05, 3.63) is 130 Å². The van der Waals surface area contributed by atoms with Gasteiger partial charge in [0.1, 0.15) is 21.6 Å². The molecule has 1 aliphatic heterocycles. The molecule has 0 aliphatic carbocycles. The predicted octanol–water partition coefficient (Wildman–Crippen LogP) is 8.92. The molecule has 348 valence electrons. The van der Waals surface area contributed by atoms with Crippen molar-refractivity contribution in [1.29, 1.82) is 0 Å². The second-order valence-electron chi connectivity index (χ2n) is 16.1. The summed E-state index contributed by atoms with van der Waals surface area (Å²) >= 11 is 2.47. The first-order valence-electron chi connectivity index (χ1n) is 22.2. The van der Waals surface area contributed by atoms with Gasteiger partial charge >= 0.3 is 11.9 Å². The number of aryl methyl sites for hydroxylation is 1. The lowest BCUT2D eigenvalue weighted by molar-refractivity contribution is -0.166. The molecule has 67 heavy (non-hydrogen) atoms. The fourth-order valence-electron chi connectivity index (χ4n) is 7.35. The summed E-state index contributed by atoms with van der Waals surface area (Å²) in [6, 6.07) is 24.4. The quantitative estimate of drug-likeness (QED) is 0.0441. The zero-order chi connectivity index (χ0) is 47.5. The van der Waals surface area contributed by atoms with Crippen molar-refractivity contribution in [2.45, 2.75) is 65.8 Å². The van der Waals surface area contributed by atoms with Gasteiger partial charge in [0, 0.05) is 62.4 Å². The van der Waals surface area contributed by atoms with Crippen LogP contribution in [0.1, 0.15) is 94.6 Å². The van der Waals surface area contributed by atoms with E-state index in [9.17, 15) is 32.8 Å². The molecular weight excluding hydrogens is 899 g/mol. The largest absolute Gasteiger partial charge is 0.393 e. The molecule has 1 N–H and O–H groups in total. The van der Waals surface area contributed by atoms with Crippen LogP contribution in [0.2, 0.25) is 0 Å². The van der Waals surface area contributed by atoms with E-state index in [1.807, 2.05) is 39.0 Å². The van der Waals surface area contributed by atoms with Gasteiger partial charge in [-0.1, -0.05) is 104 Å². The highest BCUT2D eigenvalue weighted by Crippen LogP contribution is 2.34. The molecule has 2 aromatic heterocycles. The van der Waals surface area contributed by atoms with Crippen LogP contribution in [0.4, 0.5) is 19.0 Å². The van der Waals surface area contributed by atoms with Gasteiger partial charge in [0.2, 0.25) is 10.3 Å². The molecule has 1 saturated heterocycles. The summed E-state index contributed by atoms with van der Waals surface area (Å²) in [6.45, 7) is 8.39. The summed E-state index contributed by atoms with van der Waals surface area (Å²) in [5.74, 6) is -4.14. The average Bonchev–Trinajstić information content (AvgIpc) is 4.01. The number of unbranched alkanes of at least 4 members (excludes halogenated alkanes) is 2. The Balaban J connectivity index is 0.823. The van der Waals surface area contributed by atoms with Gasteiger partial charge in [-0.25, -0.2) is 8.78 Å². The highest BCUT2D eigenvalue weighted by atomic mass is 32.1. The third-order valence-electron chi connectivity index (χ3n) is 11.1. The highest BCUT2D eigenvalue weighted by Gasteiger charge is 2.35. The lowest BCUT2D eigenvalue weighted by Gasteiger charge is -2.37. The highest BCUT2D eigenvalue weighted by molar-refractivity contribution is 7.19. The van der Waals surface area contributed by atoms with Crippen LogP contribution in [0.15, 0.2) is 91.0 Å². The summed E-state index contributed by atoms with van der Waals surface area (Å²) in [7, 11) is 0. The molecule has 0 spiro atoms. The number of esters is 2. The number of halogens is 2. The van der Waals surface area contributed by atoms with Gasteiger partial charge in [0.05, 0.1) is 17.0 Å². The van der Waals surface area contributed by atoms with Gasteiger partial charge in [-0.3, -0.25) is 38.7 Å². The number of rotatable bonds is 20. The van der Waals surface area contributed by atoms with Crippen LogP contribution in [-0.2, 0) is 20.9 Å². The molecule has 18 heteroatoms. The molecule has 4 aromatic carbocycles. The molecule has 1 aliphatic rings. The van der Waals surface area contributed by atoms with Crippen LogP contribution in [0.25, 0.3) is 21.1 Å². The number of aromatic nitrogens is 4. The lowest BCUT2D eigenvalue weighted by Crippen LogP contribution is -2.50. The summed E-state index contributed by atoms with van der Waals surface area (Å²) in [5, 5.41) is 21.9. The summed E-state index contributed by atoms with van der Waals surface area (Å²) in [5.41, 5.74) is 3.87. The Morgan fingerprint density at radius 2 is 1.30 bits per heavy atom. The van der Waals surface area contributed by atoms with E-state index in [0.29, 0.717) is 70.5 Å². The van der Waals surface area contributed by atoms with Crippen LogP contribution in [0, 0.1) is 24.5 Å². The standard InChI is InChI=1S/C49H50F2N8O6S2/c1-4-6-25-58(45(62)37-13-8-10-15-39(37)50)48-55-53-43(66-48)34-21-19-33(20-22-34)42(61)52-24-12-17-41(60)65-47(64)35-29-57(30-35)28-32-18-23-36(31(3)27-32)44-54-56-49(67-44)59(26-7-5-2)46(63)38-14-9-11-16-40(38)51/h8-11,13-16,18-23,27,35H,4-7,12,17,24-26,28-30H2,1-3H3,(H,52,61). The van der Waals surface area contributed by atoms with Crippen molar-refractivity contribution in [1.82, 2.24) is 30.6 Å². The first kappa shape index (κ1) is 48.3. The maximum Gasteiger partial charge on any atom is 0.319 e. The van der Waals surface area contributed by atoms with E-state index >= 15 is 0 Å². The van der Waals surface area contributed by atoms with Crippen LogP contribution >= 0.6 is 22.7 Å². The molecule has 7 rings (SSSR count). The number of amides is 3. The Bertz CT molecular complexity index is 2720. The number of hydrogen-bond donors (Lipinski definition) is 1. The number of anilines is 2. The molecule has 0 bridgehead atoms. The van der Waals surface area contributed by atoms with Crippen LogP contribution in [0.3, 0.4) is 0 Å². The smallest absolute Gasteiger partial charge is 0.319 e. The SMILES string of the molecule is CCCCN(C(=O)c1ccccc1F)c1nnc(-c2ccc(C(=O)NCCCC(=O)OC(=O)C3CN(Cc4ccc(-c5nnc(N(CCCC)C(=O)c6ccccc6F)s5)c(C)c4)C3)cc2)s1. The Hall–Kier alpha value is -6.63. The van der Waals surface area contributed by atoms with Crippen molar-refractivity contribution >= 4 is 62.6 Å². The van der Waals surface area contributed by atoms with E-state index in [1.165, 1.54) is 62.8 Å². The lowest BCUT2D eigenvalue weighted by atomic mass is 9.98. The first-order valence-corrected chi connectivity index (χ1v) is 23.8. The molecule has 0 atom stereocenters. The fourth-order valence-corrected chi connectivity index (χ4v) is 9.19. The minimum absolute atomic E-state index is 0.0146. The van der Waals surface area contributed by atoms with Crippen molar-refractivity contribution in [2.24, 2.45) is 5.92 Å². The molecule has 0 radical (unpaired) electrons. The number of likely N-dealkylation sites (tertiary alicyclic amines) is 1. The van der Waals surface area contributed by atoms with Gasteiger partial charge < -0.3 is 10.1 Å². The van der Waals surface area contributed by atoms with Crippen molar-refractivity contribution in [3.8, 4) is 21.1 Å². The van der Waals surface area contributed by atoms with Gasteiger partial charge in [-0.15, -0.1) is 20.4 Å². The monoisotopic (exact) mass is 948 g/mol. The molecule has 14 nitrogen and oxygen atoms in total. The summed E-state index contributed by atoms with van der Waals surface area (Å²) in [6.07, 6.45) is 3.32. The number of nitrogens with zero attached hydrogens (tertiary/aromatic N) is 7. The van der Waals surface area contributed by atoms with E-state index in [2.05, 4.69) is 30.6 Å². The van der Waals surface area contributed by atoms with E-state index in [4.69, 9.17) is 4.74 Å². The number of hydrogen-bond acceptors (Lipinski definition) is 13. The number of carbonyl (C=O) groups is 5. The van der Waals surface area contributed by atoms with Gasteiger partial charge in [-0.2, -0.15) is 0 Å². The second kappa shape index (κ2) is 22.7. The molecule has 0 saturated carbocycles. The van der Waals surface area contributed by atoms with E-state index in [0.717, 1.165) is 36.0 Å². The Kier molecular flexibility index (Phi) is 16.4. The summed E-state index contributed by atoms with van der Waals surface area (Å²) in [4.78, 5) is 69.7. The van der Waals surface area contributed by atoms with Gasteiger partial charge in [-0.05, 0) is 73.7 Å². The Labute approximate surface area is 395 Å². The van der Waals surface area contributed by atoms with Crippen LogP contribution in [-0.4, -0.2) is 87.7 Å². The van der Waals surface area contributed by atoms with Gasteiger partial charge in [0.15, 0.2) is 0 Å². The fraction of sp³-hybridized carbons (Fsp3) is 0.327. The zero-order valence-corrected chi connectivity index (χ0v) is 39.0. The Morgan fingerprint density at radius 3 is 1.87 bits per heavy atom. The van der Waals surface area contributed by atoms with Crippen LogP contribution < -0.4 is 15.1 Å². The predicted molar refractivity (Wildman–Crippen MR) is 253 cm³/mol. The molecular formula is C49H50F2N8O6S2. The number of ether oxygens (including phenoxy) is 1. The number of nitrogens with one attached hydrogen (secondary N) is 1. The third-order valence-corrected chi connectivity index (χ3v) is 13.1. The molecule has 6 aromatic rings. The van der Waals surface area contributed by atoms with E-state index in [1.54, 1.807) is 42.5 Å². The van der Waals surface area contributed by atoms with Crippen LogP contribution in [0.5, 0.6) is 0 Å². The van der Waals surface area contributed by atoms with Crippen molar-refractivity contribution in [2.75, 3.05) is 42.5 Å². The minimum Gasteiger partial charge on any atom is -0.393 e. The Morgan fingerprint density at radius 1 is 0.731 bits per heavy atom. The maximum absolute atomic E-state index is 14.5. The zero-order valence-electron chi connectivity index (χ0n) is 37.4. The molecule has 0 unspecified atom stereocenters. The van der Waals surface area contributed by atoms with Gasteiger partial charge in [0.25, 0.3) is 17.7 Å². The van der Waals surface area contributed by atoms with E-state index < -0.39 is 41.3 Å². The van der Waals surface area contributed by atoms with E-state index in [-0.39, 0.29) is 36.4 Å². The first-order chi connectivity index (χ1) is 32.4. The summed E-state index contributed by atoms with van der Waals surface area (Å²) < 4.78 is 34.1. The maximum atomic E-state index is 14.5. The minimum atomic E-state index is -0.654. The normalized spacial score (nSPS) is 12.6. The number of carbonyl (C=O) groups excluding carboxylic acids is 5. The second-order valence-corrected chi connectivity index (χ2v) is 18.0. The van der Waals surface area contributed by atoms with Crippen molar-refractivity contribution < 1.29 is 37.5 Å². The molecule has 3 heterocycles. The molecule has 1 fully saturated rings. The number of benzene rings is 4. The third kappa shape index (κ3) is 12.0.